The summed E-state index contributed by atoms with van der Waals surface area (Å²) in [6.07, 6.45) is 1.42. The SMILES string of the molecule is Cc1cc(C=C(C#N)C(=O)Nc2ccc3c(c2)OCCO3)ccc1F. The van der Waals surface area contributed by atoms with Gasteiger partial charge in [0, 0.05) is 11.8 Å². The summed E-state index contributed by atoms with van der Waals surface area (Å²) in [5.74, 6) is 0.264. The fraction of sp³-hybridized carbons (Fsp3) is 0.158. The first-order valence-electron chi connectivity index (χ1n) is 7.66. The van der Waals surface area contributed by atoms with Crippen LogP contribution in [0.3, 0.4) is 0 Å². The maximum atomic E-state index is 13.3. The minimum absolute atomic E-state index is 0.0825. The van der Waals surface area contributed by atoms with Gasteiger partial charge in [0.25, 0.3) is 5.91 Å². The van der Waals surface area contributed by atoms with Crippen LogP contribution in [0, 0.1) is 24.1 Å². The van der Waals surface area contributed by atoms with Gasteiger partial charge < -0.3 is 14.8 Å². The second-order valence-electron chi connectivity index (χ2n) is 5.49. The first kappa shape index (κ1) is 16.5. The number of fused-ring (bicyclic) bond motifs is 1. The van der Waals surface area contributed by atoms with Gasteiger partial charge in [-0.2, -0.15) is 5.26 Å². The fourth-order valence-corrected chi connectivity index (χ4v) is 2.39. The molecule has 0 aliphatic carbocycles. The number of nitrogens with one attached hydrogen (secondary N) is 1. The summed E-state index contributed by atoms with van der Waals surface area (Å²) in [5.41, 5.74) is 1.43. The van der Waals surface area contributed by atoms with Gasteiger partial charge in [-0.25, -0.2) is 4.39 Å². The average molecular weight is 338 g/mol. The highest BCUT2D eigenvalue weighted by molar-refractivity contribution is 6.09. The minimum atomic E-state index is -0.554. The van der Waals surface area contributed by atoms with Crippen LogP contribution in [0.4, 0.5) is 10.1 Å². The van der Waals surface area contributed by atoms with E-state index in [1.165, 1.54) is 18.2 Å². The lowest BCUT2D eigenvalue weighted by atomic mass is 10.1. The Morgan fingerprint density at radius 1 is 1.20 bits per heavy atom. The molecule has 0 saturated carbocycles. The molecule has 0 fully saturated rings. The van der Waals surface area contributed by atoms with E-state index in [2.05, 4.69) is 5.32 Å². The molecule has 1 amide bonds. The van der Waals surface area contributed by atoms with E-state index >= 15 is 0 Å². The Morgan fingerprint density at radius 2 is 1.96 bits per heavy atom. The van der Waals surface area contributed by atoms with E-state index in [9.17, 15) is 14.4 Å². The lowest BCUT2D eigenvalue weighted by Crippen LogP contribution is -2.17. The summed E-state index contributed by atoms with van der Waals surface area (Å²) in [6.45, 7) is 2.54. The second kappa shape index (κ2) is 7.05. The monoisotopic (exact) mass is 338 g/mol. The maximum Gasteiger partial charge on any atom is 0.266 e. The lowest BCUT2D eigenvalue weighted by molar-refractivity contribution is -0.112. The molecular formula is C19H15FN2O3. The number of hydrogen-bond donors (Lipinski definition) is 1. The van der Waals surface area contributed by atoms with Crippen molar-refractivity contribution < 1.29 is 18.7 Å². The summed E-state index contributed by atoms with van der Waals surface area (Å²) in [6, 6.07) is 11.3. The minimum Gasteiger partial charge on any atom is -0.486 e. The highest BCUT2D eigenvalue weighted by atomic mass is 19.1. The maximum absolute atomic E-state index is 13.3. The third-order valence-corrected chi connectivity index (χ3v) is 3.66. The van der Waals surface area contributed by atoms with Gasteiger partial charge >= 0.3 is 0 Å². The topological polar surface area (TPSA) is 71.4 Å². The number of aryl methyl sites for hydroxylation is 1. The van der Waals surface area contributed by atoms with Crippen LogP contribution in [0.15, 0.2) is 42.0 Å². The Morgan fingerprint density at radius 3 is 2.68 bits per heavy atom. The molecule has 25 heavy (non-hydrogen) atoms. The van der Waals surface area contributed by atoms with Crippen molar-refractivity contribution in [3.8, 4) is 17.6 Å². The molecule has 1 heterocycles. The van der Waals surface area contributed by atoms with Crippen LogP contribution in [0.25, 0.3) is 6.08 Å². The van der Waals surface area contributed by atoms with Crippen LogP contribution >= 0.6 is 0 Å². The molecule has 126 valence electrons. The zero-order chi connectivity index (χ0) is 17.8. The Labute approximate surface area is 144 Å². The third-order valence-electron chi connectivity index (χ3n) is 3.66. The van der Waals surface area contributed by atoms with Gasteiger partial charge in [0.05, 0.1) is 0 Å². The van der Waals surface area contributed by atoms with Gasteiger partial charge in [0.2, 0.25) is 0 Å². The molecule has 0 spiro atoms. The van der Waals surface area contributed by atoms with E-state index in [4.69, 9.17) is 9.47 Å². The first-order chi connectivity index (χ1) is 12.1. The number of carbonyl (C=O) groups excluding carboxylic acids is 1. The number of hydrogen-bond acceptors (Lipinski definition) is 4. The number of carbonyl (C=O) groups is 1. The second-order valence-corrected chi connectivity index (χ2v) is 5.49. The van der Waals surface area contributed by atoms with Crippen molar-refractivity contribution in [2.45, 2.75) is 6.92 Å². The molecule has 0 atom stereocenters. The molecule has 1 aliphatic heterocycles. The number of ether oxygens (including phenoxy) is 2. The molecule has 3 rings (SSSR count). The van der Waals surface area contributed by atoms with Crippen molar-refractivity contribution in [2.24, 2.45) is 0 Å². The zero-order valence-corrected chi connectivity index (χ0v) is 13.5. The van der Waals surface area contributed by atoms with E-state index < -0.39 is 5.91 Å². The van der Waals surface area contributed by atoms with Gasteiger partial charge in [0.1, 0.15) is 30.7 Å². The standard InChI is InChI=1S/C19H15FN2O3/c1-12-8-13(2-4-16(12)20)9-14(11-21)19(23)22-15-3-5-17-18(10-15)25-7-6-24-17/h2-5,8-10H,6-7H2,1H3,(H,22,23). The highest BCUT2D eigenvalue weighted by Crippen LogP contribution is 2.32. The quantitative estimate of drug-likeness (QED) is 0.687. The van der Waals surface area contributed by atoms with E-state index in [-0.39, 0.29) is 11.4 Å². The molecule has 0 saturated heterocycles. The van der Waals surface area contributed by atoms with Gasteiger partial charge in [-0.3, -0.25) is 4.79 Å². The summed E-state index contributed by atoms with van der Waals surface area (Å²) >= 11 is 0. The molecule has 2 aromatic carbocycles. The van der Waals surface area contributed by atoms with Crippen molar-refractivity contribution in [1.29, 1.82) is 5.26 Å². The Bertz CT molecular complexity index is 900. The first-order valence-corrected chi connectivity index (χ1v) is 7.66. The van der Waals surface area contributed by atoms with Crippen LogP contribution < -0.4 is 14.8 Å². The fourth-order valence-electron chi connectivity index (χ4n) is 2.39. The molecule has 0 radical (unpaired) electrons. The predicted molar refractivity (Wildman–Crippen MR) is 90.8 cm³/mol. The molecule has 0 aromatic heterocycles. The normalized spacial score (nSPS) is 13.1. The van der Waals surface area contributed by atoms with Crippen LogP contribution in [0.2, 0.25) is 0 Å². The van der Waals surface area contributed by atoms with Crippen LogP contribution in [0.5, 0.6) is 11.5 Å². The van der Waals surface area contributed by atoms with Crippen LogP contribution in [-0.2, 0) is 4.79 Å². The lowest BCUT2D eigenvalue weighted by Gasteiger charge is -2.18. The number of nitrogens with zero attached hydrogens (tertiary/aromatic N) is 1. The predicted octanol–water partition coefficient (Wildman–Crippen LogP) is 3.45. The molecule has 6 heteroatoms. The van der Waals surface area contributed by atoms with Crippen molar-refractivity contribution in [2.75, 3.05) is 18.5 Å². The van der Waals surface area contributed by atoms with Gasteiger partial charge in [-0.05, 0) is 48.4 Å². The van der Waals surface area contributed by atoms with E-state index in [1.807, 2.05) is 6.07 Å². The Balaban J connectivity index is 1.79. The van der Waals surface area contributed by atoms with Gasteiger partial charge in [0.15, 0.2) is 11.5 Å². The van der Waals surface area contributed by atoms with E-state index in [0.29, 0.717) is 41.5 Å². The number of halogens is 1. The Kier molecular flexibility index (Phi) is 4.66. The van der Waals surface area contributed by atoms with Crippen LogP contribution in [-0.4, -0.2) is 19.1 Å². The average Bonchev–Trinajstić information content (AvgIpc) is 2.62. The largest absolute Gasteiger partial charge is 0.486 e. The van der Waals surface area contributed by atoms with Gasteiger partial charge in [-0.1, -0.05) is 6.07 Å². The molecule has 1 N–H and O–H groups in total. The van der Waals surface area contributed by atoms with Gasteiger partial charge in [-0.15, -0.1) is 0 Å². The summed E-state index contributed by atoms with van der Waals surface area (Å²) in [7, 11) is 0. The summed E-state index contributed by atoms with van der Waals surface area (Å²) in [5, 5.41) is 11.9. The molecule has 1 aliphatic rings. The molecular weight excluding hydrogens is 323 g/mol. The molecule has 2 aromatic rings. The molecule has 5 nitrogen and oxygen atoms in total. The summed E-state index contributed by atoms with van der Waals surface area (Å²) < 4.78 is 24.2. The number of anilines is 1. The number of rotatable bonds is 3. The molecule has 0 unspecified atom stereocenters. The summed E-state index contributed by atoms with van der Waals surface area (Å²) in [4.78, 5) is 12.3. The number of benzene rings is 2. The van der Waals surface area contributed by atoms with Crippen molar-refractivity contribution in [3.63, 3.8) is 0 Å². The zero-order valence-electron chi connectivity index (χ0n) is 13.5. The van der Waals surface area contributed by atoms with Crippen molar-refractivity contribution in [3.05, 3.63) is 58.9 Å². The number of nitriles is 1. The Hall–Kier alpha value is -3.33. The third kappa shape index (κ3) is 3.78. The smallest absolute Gasteiger partial charge is 0.266 e. The highest BCUT2D eigenvalue weighted by Gasteiger charge is 2.14. The molecule has 0 bridgehead atoms. The van der Waals surface area contributed by atoms with Crippen molar-refractivity contribution in [1.82, 2.24) is 0 Å². The number of amides is 1. The van der Waals surface area contributed by atoms with E-state index in [0.717, 1.165) is 0 Å². The van der Waals surface area contributed by atoms with Crippen LogP contribution in [0.1, 0.15) is 11.1 Å². The van der Waals surface area contributed by atoms with E-state index in [1.54, 1.807) is 31.2 Å². The van der Waals surface area contributed by atoms with Crippen molar-refractivity contribution >= 4 is 17.7 Å².